The van der Waals surface area contributed by atoms with Gasteiger partial charge in [-0.05, 0) is 24.8 Å². The predicted octanol–water partition coefficient (Wildman–Crippen LogP) is 1.83. The summed E-state index contributed by atoms with van der Waals surface area (Å²) in [5.41, 5.74) is 3.19. The molecule has 16 heavy (non-hydrogen) atoms. The first-order valence-electron chi connectivity index (χ1n) is 5.26. The first-order chi connectivity index (χ1) is 7.77. The molecule has 1 aromatic carbocycles. The zero-order valence-electron chi connectivity index (χ0n) is 8.85. The Kier molecular flexibility index (Phi) is 3.19. The molecule has 0 spiro atoms. The van der Waals surface area contributed by atoms with Gasteiger partial charge in [0.2, 0.25) is 6.61 Å². The van der Waals surface area contributed by atoms with Crippen molar-refractivity contribution < 1.29 is 14.7 Å². The number of carboxylic acids is 1. The molecule has 0 fully saturated rings. The normalized spacial score (nSPS) is 16.9. The van der Waals surface area contributed by atoms with Crippen molar-refractivity contribution in [2.24, 2.45) is 5.16 Å². The van der Waals surface area contributed by atoms with Crippen molar-refractivity contribution in [2.75, 3.05) is 6.61 Å². The summed E-state index contributed by atoms with van der Waals surface area (Å²) in [7, 11) is 0. The minimum absolute atomic E-state index is 0.383. The van der Waals surface area contributed by atoms with Crippen LogP contribution >= 0.6 is 0 Å². The number of oxime groups is 1. The topological polar surface area (TPSA) is 58.9 Å². The number of aryl methyl sites for hydroxylation is 1. The molecule has 1 aliphatic carbocycles. The van der Waals surface area contributed by atoms with Gasteiger partial charge in [0, 0.05) is 5.56 Å². The molecule has 0 saturated heterocycles. The third-order valence-electron chi connectivity index (χ3n) is 2.55. The van der Waals surface area contributed by atoms with Gasteiger partial charge in [0.25, 0.3) is 0 Å². The third-order valence-corrected chi connectivity index (χ3v) is 2.55. The molecule has 2 rings (SSSR count). The molecule has 1 N–H and O–H groups in total. The number of hydrogen-bond acceptors (Lipinski definition) is 3. The highest BCUT2D eigenvalue weighted by Gasteiger charge is 2.15. The molecule has 84 valence electrons. The molecule has 0 aliphatic heterocycles. The van der Waals surface area contributed by atoms with Crippen molar-refractivity contribution in [2.45, 2.75) is 19.3 Å². The van der Waals surface area contributed by atoms with Gasteiger partial charge in [-0.3, -0.25) is 0 Å². The van der Waals surface area contributed by atoms with Gasteiger partial charge in [0.15, 0.2) is 0 Å². The van der Waals surface area contributed by atoms with E-state index < -0.39 is 5.97 Å². The third kappa shape index (κ3) is 2.39. The second-order valence-electron chi connectivity index (χ2n) is 3.72. The first-order valence-corrected chi connectivity index (χ1v) is 5.26. The smallest absolute Gasteiger partial charge is 0.344 e. The van der Waals surface area contributed by atoms with E-state index in [1.54, 1.807) is 0 Å². The second-order valence-corrected chi connectivity index (χ2v) is 3.72. The number of nitrogens with zero attached hydrogens (tertiary/aromatic N) is 1. The molecule has 0 bridgehead atoms. The van der Waals surface area contributed by atoms with Crippen LogP contribution in [0.5, 0.6) is 0 Å². The van der Waals surface area contributed by atoms with Gasteiger partial charge in [-0.25, -0.2) is 4.79 Å². The lowest BCUT2D eigenvalue weighted by Gasteiger charge is -2.16. The van der Waals surface area contributed by atoms with E-state index in [-0.39, 0.29) is 6.61 Å². The number of hydrogen-bond donors (Lipinski definition) is 1. The number of fused-ring (bicyclic) bond motifs is 1. The van der Waals surface area contributed by atoms with Crippen LogP contribution < -0.4 is 0 Å². The maximum Gasteiger partial charge on any atom is 0.344 e. The zero-order chi connectivity index (χ0) is 11.4. The summed E-state index contributed by atoms with van der Waals surface area (Å²) in [6, 6.07) is 8.02. The van der Waals surface area contributed by atoms with Crippen molar-refractivity contribution in [3.8, 4) is 0 Å². The monoisotopic (exact) mass is 219 g/mol. The molecule has 1 aliphatic rings. The largest absolute Gasteiger partial charge is 0.479 e. The van der Waals surface area contributed by atoms with Gasteiger partial charge in [0.1, 0.15) is 0 Å². The minimum Gasteiger partial charge on any atom is -0.479 e. The molecule has 0 radical (unpaired) electrons. The van der Waals surface area contributed by atoms with Gasteiger partial charge in [0.05, 0.1) is 5.71 Å². The van der Waals surface area contributed by atoms with E-state index in [9.17, 15) is 4.79 Å². The fourth-order valence-corrected chi connectivity index (χ4v) is 1.86. The standard InChI is InChI=1S/C12H13NO3/c14-12(15)8-16-13-11-7-3-5-9-4-1-2-6-10(9)11/h1-2,4,6H,3,5,7-8H2,(H,14,15)/b13-11+. The van der Waals surface area contributed by atoms with E-state index in [1.165, 1.54) is 5.56 Å². The van der Waals surface area contributed by atoms with E-state index in [1.807, 2.05) is 18.2 Å². The van der Waals surface area contributed by atoms with Crippen LogP contribution in [0.2, 0.25) is 0 Å². The fourth-order valence-electron chi connectivity index (χ4n) is 1.86. The molecule has 0 aromatic heterocycles. The van der Waals surface area contributed by atoms with Gasteiger partial charge in [-0.15, -0.1) is 0 Å². The van der Waals surface area contributed by atoms with Crippen LogP contribution in [0.4, 0.5) is 0 Å². The average molecular weight is 219 g/mol. The van der Waals surface area contributed by atoms with E-state index in [2.05, 4.69) is 11.2 Å². The van der Waals surface area contributed by atoms with Gasteiger partial charge in [-0.2, -0.15) is 0 Å². The van der Waals surface area contributed by atoms with Crippen molar-refractivity contribution in [3.05, 3.63) is 35.4 Å². The van der Waals surface area contributed by atoms with Crippen LogP contribution in [0.1, 0.15) is 24.0 Å². The van der Waals surface area contributed by atoms with Gasteiger partial charge in [-0.1, -0.05) is 29.4 Å². The van der Waals surface area contributed by atoms with Crippen molar-refractivity contribution in [1.82, 2.24) is 0 Å². The Labute approximate surface area is 93.5 Å². The van der Waals surface area contributed by atoms with E-state index in [4.69, 9.17) is 9.94 Å². The lowest BCUT2D eigenvalue weighted by atomic mass is 9.90. The van der Waals surface area contributed by atoms with Gasteiger partial charge < -0.3 is 9.94 Å². The lowest BCUT2D eigenvalue weighted by Crippen LogP contribution is -2.13. The Morgan fingerprint density at radius 2 is 2.19 bits per heavy atom. The molecule has 1 aromatic rings. The molecule has 0 amide bonds. The summed E-state index contributed by atoms with van der Waals surface area (Å²) in [6.07, 6.45) is 2.93. The van der Waals surface area contributed by atoms with Crippen LogP contribution in [0.15, 0.2) is 29.4 Å². The quantitative estimate of drug-likeness (QED) is 0.789. The molecule has 4 nitrogen and oxygen atoms in total. The number of benzene rings is 1. The highest BCUT2D eigenvalue weighted by Crippen LogP contribution is 2.21. The lowest BCUT2D eigenvalue weighted by molar-refractivity contribution is -0.142. The molecule has 0 unspecified atom stereocenters. The van der Waals surface area contributed by atoms with Crippen LogP contribution in [0.3, 0.4) is 0 Å². The fraction of sp³-hybridized carbons (Fsp3) is 0.333. The number of carboxylic acid groups (broad SMARTS) is 1. The van der Waals surface area contributed by atoms with Crippen LogP contribution in [0.25, 0.3) is 0 Å². The molecule has 0 atom stereocenters. The number of aliphatic carboxylic acids is 1. The average Bonchev–Trinajstić information content (AvgIpc) is 2.29. The Hall–Kier alpha value is -1.84. The Morgan fingerprint density at radius 3 is 3.00 bits per heavy atom. The molecule has 0 saturated carbocycles. The zero-order valence-corrected chi connectivity index (χ0v) is 8.85. The summed E-state index contributed by atoms with van der Waals surface area (Å²) < 4.78 is 0. The highest BCUT2D eigenvalue weighted by molar-refractivity contribution is 6.02. The summed E-state index contributed by atoms with van der Waals surface area (Å²) >= 11 is 0. The first kappa shape index (κ1) is 10.7. The number of rotatable bonds is 3. The van der Waals surface area contributed by atoms with Gasteiger partial charge >= 0.3 is 5.97 Å². The SMILES string of the molecule is O=C(O)CO/N=C1\CCCc2ccccc21. The summed E-state index contributed by atoms with van der Waals surface area (Å²) in [6.45, 7) is -0.383. The van der Waals surface area contributed by atoms with Crippen LogP contribution in [-0.4, -0.2) is 23.4 Å². The molecular formula is C12H13NO3. The predicted molar refractivity (Wildman–Crippen MR) is 59.5 cm³/mol. The van der Waals surface area contributed by atoms with E-state index in [0.717, 1.165) is 30.5 Å². The second kappa shape index (κ2) is 4.79. The molecule has 4 heteroatoms. The van der Waals surface area contributed by atoms with E-state index >= 15 is 0 Å². The number of carbonyl (C=O) groups is 1. The van der Waals surface area contributed by atoms with Crippen molar-refractivity contribution in [1.29, 1.82) is 0 Å². The van der Waals surface area contributed by atoms with E-state index in [0.29, 0.717) is 0 Å². The molecular weight excluding hydrogens is 206 g/mol. The Balaban J connectivity index is 2.15. The maximum atomic E-state index is 10.3. The minimum atomic E-state index is -1.01. The summed E-state index contributed by atoms with van der Waals surface area (Å²) in [5, 5.41) is 12.3. The molecule has 0 heterocycles. The van der Waals surface area contributed by atoms with Crippen molar-refractivity contribution >= 4 is 11.7 Å². The van der Waals surface area contributed by atoms with Crippen LogP contribution in [-0.2, 0) is 16.1 Å². The Bertz CT molecular complexity index is 426. The van der Waals surface area contributed by atoms with Crippen molar-refractivity contribution in [3.63, 3.8) is 0 Å². The summed E-state index contributed by atoms with van der Waals surface area (Å²) in [5.74, 6) is -1.01. The summed E-state index contributed by atoms with van der Waals surface area (Å²) in [4.78, 5) is 15.1. The Morgan fingerprint density at radius 1 is 1.38 bits per heavy atom. The van der Waals surface area contributed by atoms with Crippen LogP contribution in [0, 0.1) is 0 Å². The highest BCUT2D eigenvalue weighted by atomic mass is 16.6. The maximum absolute atomic E-state index is 10.3.